The molecule has 108 valence electrons. The molecule has 0 saturated carbocycles. The van der Waals surface area contributed by atoms with E-state index in [2.05, 4.69) is 23.9 Å². The molecule has 3 aromatic rings. The van der Waals surface area contributed by atoms with Crippen molar-refractivity contribution in [1.29, 1.82) is 0 Å². The van der Waals surface area contributed by atoms with Crippen molar-refractivity contribution < 1.29 is 4.74 Å². The Balaban J connectivity index is 1.90. The van der Waals surface area contributed by atoms with Crippen LogP contribution in [0.3, 0.4) is 0 Å². The molecule has 0 unspecified atom stereocenters. The number of benzene rings is 1. The minimum Gasteiger partial charge on any atom is -0.491 e. The van der Waals surface area contributed by atoms with E-state index in [-0.39, 0.29) is 0 Å². The molecule has 0 aliphatic heterocycles. The summed E-state index contributed by atoms with van der Waals surface area (Å²) in [4.78, 5) is 4.48. The number of hydrogen-bond acceptors (Lipinski definition) is 4. The number of nitrogen functional groups attached to an aromatic ring is 1. The van der Waals surface area contributed by atoms with Crippen LogP contribution in [0.1, 0.15) is 13.8 Å². The SMILES string of the molecule is CC(C)COc1ccc(-c2nc3ccccn3n2)cc1N. The van der Waals surface area contributed by atoms with Crippen LogP contribution >= 0.6 is 0 Å². The Morgan fingerprint density at radius 1 is 1.24 bits per heavy atom. The predicted octanol–water partition coefficient (Wildman–Crippen LogP) is 3.01. The third-order valence-electron chi connectivity index (χ3n) is 3.08. The van der Waals surface area contributed by atoms with Gasteiger partial charge in [-0.3, -0.25) is 0 Å². The van der Waals surface area contributed by atoms with Crippen LogP contribution in [0.25, 0.3) is 17.0 Å². The summed E-state index contributed by atoms with van der Waals surface area (Å²) in [6, 6.07) is 11.4. The normalized spacial score (nSPS) is 11.2. The van der Waals surface area contributed by atoms with Crippen LogP contribution in [0.15, 0.2) is 42.6 Å². The number of pyridine rings is 1. The van der Waals surface area contributed by atoms with E-state index in [1.807, 2.05) is 42.6 Å². The lowest BCUT2D eigenvalue weighted by atomic mass is 10.2. The van der Waals surface area contributed by atoms with E-state index >= 15 is 0 Å². The number of nitrogens with two attached hydrogens (primary N) is 1. The molecule has 0 saturated heterocycles. The van der Waals surface area contributed by atoms with Crippen molar-refractivity contribution in [3.05, 3.63) is 42.6 Å². The van der Waals surface area contributed by atoms with E-state index in [1.165, 1.54) is 0 Å². The molecule has 3 rings (SSSR count). The molecule has 0 fully saturated rings. The molecule has 21 heavy (non-hydrogen) atoms. The zero-order valence-electron chi connectivity index (χ0n) is 12.2. The Morgan fingerprint density at radius 3 is 2.81 bits per heavy atom. The van der Waals surface area contributed by atoms with Gasteiger partial charge in [0.2, 0.25) is 0 Å². The van der Waals surface area contributed by atoms with Gasteiger partial charge in [0.25, 0.3) is 0 Å². The molecule has 0 radical (unpaired) electrons. The smallest absolute Gasteiger partial charge is 0.182 e. The lowest BCUT2D eigenvalue weighted by Gasteiger charge is -2.11. The fourth-order valence-corrected chi connectivity index (χ4v) is 2.03. The van der Waals surface area contributed by atoms with Crippen LogP contribution < -0.4 is 10.5 Å². The third kappa shape index (κ3) is 2.81. The van der Waals surface area contributed by atoms with Gasteiger partial charge < -0.3 is 10.5 Å². The van der Waals surface area contributed by atoms with Gasteiger partial charge in [-0.25, -0.2) is 9.50 Å². The summed E-state index contributed by atoms with van der Waals surface area (Å²) in [6.07, 6.45) is 1.87. The standard InChI is InChI=1S/C16H18N4O/c1-11(2)10-21-14-7-6-12(9-13(14)17)16-18-15-5-3-4-8-20(15)19-16/h3-9,11H,10,17H2,1-2H3. The molecular weight excluding hydrogens is 264 g/mol. The largest absolute Gasteiger partial charge is 0.491 e. The summed E-state index contributed by atoms with van der Waals surface area (Å²) in [5.41, 5.74) is 8.35. The Morgan fingerprint density at radius 2 is 2.10 bits per heavy atom. The highest BCUT2D eigenvalue weighted by Crippen LogP contribution is 2.27. The maximum Gasteiger partial charge on any atom is 0.182 e. The molecule has 0 bridgehead atoms. The van der Waals surface area contributed by atoms with E-state index in [4.69, 9.17) is 10.5 Å². The fourth-order valence-electron chi connectivity index (χ4n) is 2.03. The first-order valence-corrected chi connectivity index (χ1v) is 6.97. The molecule has 0 amide bonds. The second-order valence-corrected chi connectivity index (χ2v) is 5.40. The Bertz CT molecular complexity index is 731. The van der Waals surface area contributed by atoms with E-state index in [0.29, 0.717) is 29.8 Å². The molecule has 2 N–H and O–H groups in total. The molecular formula is C16H18N4O. The fraction of sp³-hybridized carbons (Fsp3) is 0.250. The average Bonchev–Trinajstić information content (AvgIpc) is 2.89. The first-order chi connectivity index (χ1) is 10.1. The number of rotatable bonds is 4. The number of nitrogens with zero attached hydrogens (tertiary/aromatic N) is 3. The van der Waals surface area contributed by atoms with Crippen LogP contribution in [-0.4, -0.2) is 21.2 Å². The summed E-state index contributed by atoms with van der Waals surface area (Å²) in [5, 5.41) is 4.44. The highest BCUT2D eigenvalue weighted by Gasteiger charge is 2.09. The van der Waals surface area contributed by atoms with Crippen molar-refractivity contribution in [2.75, 3.05) is 12.3 Å². The maximum absolute atomic E-state index is 6.05. The Hall–Kier alpha value is -2.56. The van der Waals surface area contributed by atoms with Crippen molar-refractivity contribution in [1.82, 2.24) is 14.6 Å². The lowest BCUT2D eigenvalue weighted by Crippen LogP contribution is -2.06. The summed E-state index contributed by atoms with van der Waals surface area (Å²) in [6.45, 7) is 4.85. The first-order valence-electron chi connectivity index (χ1n) is 6.97. The van der Waals surface area contributed by atoms with Crippen LogP contribution in [0.2, 0.25) is 0 Å². The zero-order valence-corrected chi connectivity index (χ0v) is 12.2. The molecule has 0 atom stereocenters. The van der Waals surface area contributed by atoms with Gasteiger partial charge in [0.15, 0.2) is 11.5 Å². The minimum absolute atomic E-state index is 0.462. The Labute approximate surface area is 123 Å². The van der Waals surface area contributed by atoms with Gasteiger partial charge in [0.1, 0.15) is 5.75 Å². The number of fused-ring (bicyclic) bond motifs is 1. The average molecular weight is 282 g/mol. The number of anilines is 1. The summed E-state index contributed by atoms with van der Waals surface area (Å²) < 4.78 is 7.42. The molecule has 0 aliphatic carbocycles. The van der Waals surface area contributed by atoms with Gasteiger partial charge in [-0.15, -0.1) is 5.10 Å². The van der Waals surface area contributed by atoms with Crippen LogP contribution in [-0.2, 0) is 0 Å². The number of aromatic nitrogens is 3. The maximum atomic E-state index is 6.05. The predicted molar refractivity (Wildman–Crippen MR) is 83.2 cm³/mol. The molecule has 5 nitrogen and oxygen atoms in total. The quantitative estimate of drug-likeness (QED) is 0.747. The topological polar surface area (TPSA) is 65.4 Å². The first kappa shape index (κ1) is 13.4. The highest BCUT2D eigenvalue weighted by atomic mass is 16.5. The van der Waals surface area contributed by atoms with E-state index in [9.17, 15) is 0 Å². The second kappa shape index (κ2) is 5.44. The third-order valence-corrected chi connectivity index (χ3v) is 3.08. The second-order valence-electron chi connectivity index (χ2n) is 5.40. The van der Waals surface area contributed by atoms with Crippen molar-refractivity contribution >= 4 is 11.3 Å². The Kier molecular flexibility index (Phi) is 3.48. The monoisotopic (exact) mass is 282 g/mol. The summed E-state index contributed by atoms with van der Waals surface area (Å²) in [7, 11) is 0. The molecule has 5 heteroatoms. The van der Waals surface area contributed by atoms with Crippen molar-refractivity contribution in [3.8, 4) is 17.1 Å². The van der Waals surface area contributed by atoms with Crippen molar-refractivity contribution in [3.63, 3.8) is 0 Å². The molecule has 2 aromatic heterocycles. The van der Waals surface area contributed by atoms with Gasteiger partial charge in [-0.05, 0) is 36.2 Å². The van der Waals surface area contributed by atoms with Gasteiger partial charge in [0.05, 0.1) is 12.3 Å². The molecule has 2 heterocycles. The van der Waals surface area contributed by atoms with Gasteiger partial charge in [-0.2, -0.15) is 0 Å². The van der Waals surface area contributed by atoms with E-state index in [1.54, 1.807) is 4.52 Å². The van der Waals surface area contributed by atoms with Crippen LogP contribution in [0.5, 0.6) is 5.75 Å². The van der Waals surface area contributed by atoms with Gasteiger partial charge in [-0.1, -0.05) is 19.9 Å². The van der Waals surface area contributed by atoms with Crippen molar-refractivity contribution in [2.45, 2.75) is 13.8 Å². The van der Waals surface area contributed by atoms with Crippen LogP contribution in [0.4, 0.5) is 5.69 Å². The van der Waals surface area contributed by atoms with E-state index in [0.717, 1.165) is 11.2 Å². The molecule has 1 aromatic carbocycles. The van der Waals surface area contributed by atoms with Gasteiger partial charge >= 0.3 is 0 Å². The molecule has 0 spiro atoms. The number of ether oxygens (including phenoxy) is 1. The highest BCUT2D eigenvalue weighted by molar-refractivity contribution is 5.67. The summed E-state index contributed by atoms with van der Waals surface area (Å²) in [5.74, 6) is 1.82. The summed E-state index contributed by atoms with van der Waals surface area (Å²) >= 11 is 0. The number of hydrogen-bond donors (Lipinski definition) is 1. The van der Waals surface area contributed by atoms with Gasteiger partial charge in [0, 0.05) is 11.8 Å². The van der Waals surface area contributed by atoms with Crippen molar-refractivity contribution in [2.24, 2.45) is 5.92 Å². The lowest BCUT2D eigenvalue weighted by molar-refractivity contribution is 0.272. The minimum atomic E-state index is 0.462. The molecule has 0 aliphatic rings. The van der Waals surface area contributed by atoms with Crippen LogP contribution in [0, 0.1) is 5.92 Å². The zero-order chi connectivity index (χ0) is 14.8. The van der Waals surface area contributed by atoms with E-state index < -0.39 is 0 Å².